The van der Waals surface area contributed by atoms with Crippen LogP contribution in [0.5, 0.6) is 0 Å². The van der Waals surface area contributed by atoms with Gasteiger partial charge in [-0.25, -0.2) is 4.98 Å². The Morgan fingerprint density at radius 2 is 1.20 bits per heavy atom. The first kappa shape index (κ1) is 22.1. The molecule has 6 heteroatoms. The van der Waals surface area contributed by atoms with Crippen LogP contribution < -0.4 is 10.6 Å². The number of carbonyl (C=O) groups excluding carboxylic acids is 2. The summed E-state index contributed by atoms with van der Waals surface area (Å²) in [5, 5.41) is 5.82. The van der Waals surface area contributed by atoms with Gasteiger partial charge in [-0.05, 0) is 53.6 Å². The maximum absolute atomic E-state index is 12.4. The Morgan fingerprint density at radius 1 is 0.657 bits per heavy atom. The maximum atomic E-state index is 12.4. The molecule has 0 aliphatic rings. The Bertz CT molecular complexity index is 1460. The van der Waals surface area contributed by atoms with E-state index in [9.17, 15) is 9.59 Å². The summed E-state index contributed by atoms with van der Waals surface area (Å²) in [5.41, 5.74) is 5.35. The molecular weight excluding hydrogens is 438 g/mol. The van der Waals surface area contributed by atoms with Gasteiger partial charge in [-0.1, -0.05) is 60.7 Å². The quantitative estimate of drug-likeness (QED) is 0.318. The second-order valence-corrected chi connectivity index (χ2v) is 8.20. The van der Waals surface area contributed by atoms with Gasteiger partial charge in [0.15, 0.2) is 5.58 Å². The Kier molecular flexibility index (Phi) is 6.35. The third kappa shape index (κ3) is 5.62. The molecule has 0 atom stereocenters. The minimum atomic E-state index is -0.0934. The van der Waals surface area contributed by atoms with Crippen LogP contribution in [-0.4, -0.2) is 16.8 Å². The van der Waals surface area contributed by atoms with Crippen molar-refractivity contribution < 1.29 is 14.0 Å². The van der Waals surface area contributed by atoms with E-state index in [0.29, 0.717) is 41.2 Å². The van der Waals surface area contributed by atoms with E-state index in [-0.39, 0.29) is 11.8 Å². The molecule has 1 heterocycles. The molecule has 2 N–H and O–H groups in total. The lowest BCUT2D eigenvalue weighted by atomic mass is 10.1. The molecule has 5 aromatic rings. The second-order valence-electron chi connectivity index (χ2n) is 8.20. The number of fused-ring (bicyclic) bond motifs is 1. The van der Waals surface area contributed by atoms with Crippen molar-refractivity contribution in [3.8, 4) is 11.5 Å². The van der Waals surface area contributed by atoms with Crippen LogP contribution in [0.15, 0.2) is 108 Å². The average Bonchev–Trinajstić information content (AvgIpc) is 3.29. The summed E-state index contributed by atoms with van der Waals surface area (Å²) in [7, 11) is 0. The molecule has 6 nitrogen and oxygen atoms in total. The highest BCUT2D eigenvalue weighted by Gasteiger charge is 2.11. The van der Waals surface area contributed by atoms with Crippen molar-refractivity contribution in [1.29, 1.82) is 0 Å². The van der Waals surface area contributed by atoms with E-state index < -0.39 is 0 Å². The topological polar surface area (TPSA) is 84.2 Å². The number of oxazole rings is 1. The summed E-state index contributed by atoms with van der Waals surface area (Å²) in [6.45, 7) is 0. The monoisotopic (exact) mass is 461 g/mol. The third-order valence-corrected chi connectivity index (χ3v) is 5.50. The molecule has 5 rings (SSSR count). The van der Waals surface area contributed by atoms with Crippen molar-refractivity contribution in [3.63, 3.8) is 0 Å². The normalized spacial score (nSPS) is 10.7. The highest BCUT2D eigenvalue weighted by atomic mass is 16.3. The molecule has 172 valence electrons. The highest BCUT2D eigenvalue weighted by molar-refractivity contribution is 5.94. The summed E-state index contributed by atoms with van der Waals surface area (Å²) in [4.78, 5) is 29.2. The van der Waals surface area contributed by atoms with Gasteiger partial charge in [-0.15, -0.1) is 0 Å². The van der Waals surface area contributed by atoms with E-state index in [1.807, 2.05) is 84.9 Å². The minimum Gasteiger partial charge on any atom is -0.436 e. The summed E-state index contributed by atoms with van der Waals surface area (Å²) < 4.78 is 5.90. The summed E-state index contributed by atoms with van der Waals surface area (Å²) in [5.74, 6) is 0.298. The second kappa shape index (κ2) is 10.1. The molecule has 0 unspecified atom stereocenters. The molecule has 0 saturated carbocycles. The van der Waals surface area contributed by atoms with Crippen molar-refractivity contribution in [1.82, 2.24) is 4.98 Å². The van der Waals surface area contributed by atoms with Gasteiger partial charge in [0.05, 0.1) is 12.8 Å². The molecular formula is C29H23N3O3. The molecule has 35 heavy (non-hydrogen) atoms. The zero-order chi connectivity index (χ0) is 24.0. The first-order valence-electron chi connectivity index (χ1n) is 11.3. The van der Waals surface area contributed by atoms with Gasteiger partial charge >= 0.3 is 0 Å². The molecule has 0 fully saturated rings. The van der Waals surface area contributed by atoms with Crippen molar-refractivity contribution in [2.45, 2.75) is 12.8 Å². The maximum Gasteiger partial charge on any atom is 0.228 e. The van der Waals surface area contributed by atoms with Crippen molar-refractivity contribution in [2.24, 2.45) is 0 Å². The Labute approximate surface area is 202 Å². The van der Waals surface area contributed by atoms with Gasteiger partial charge in [-0.2, -0.15) is 0 Å². The van der Waals surface area contributed by atoms with Crippen LogP contribution in [0, 0.1) is 0 Å². The lowest BCUT2D eigenvalue weighted by molar-refractivity contribution is -0.116. The van der Waals surface area contributed by atoms with Crippen LogP contribution in [0.1, 0.15) is 11.1 Å². The summed E-state index contributed by atoms with van der Waals surface area (Å²) in [6.07, 6.45) is 0.620. The van der Waals surface area contributed by atoms with Crippen LogP contribution >= 0.6 is 0 Å². The number of nitrogens with one attached hydrogen (secondary N) is 2. The van der Waals surface area contributed by atoms with Gasteiger partial charge < -0.3 is 15.1 Å². The van der Waals surface area contributed by atoms with Crippen molar-refractivity contribution in [2.75, 3.05) is 10.6 Å². The zero-order valence-corrected chi connectivity index (χ0v) is 18.9. The van der Waals surface area contributed by atoms with E-state index in [1.54, 1.807) is 18.2 Å². The smallest absolute Gasteiger partial charge is 0.228 e. The number of anilines is 2. The third-order valence-electron chi connectivity index (χ3n) is 5.50. The Hall–Kier alpha value is -4.71. The number of benzene rings is 4. The van der Waals surface area contributed by atoms with Crippen LogP contribution in [0.3, 0.4) is 0 Å². The number of aromatic nitrogens is 1. The zero-order valence-electron chi connectivity index (χ0n) is 18.9. The predicted octanol–water partition coefficient (Wildman–Crippen LogP) is 5.86. The van der Waals surface area contributed by atoms with Crippen LogP contribution in [0.25, 0.3) is 22.6 Å². The largest absolute Gasteiger partial charge is 0.436 e. The molecule has 0 spiro atoms. The first-order chi connectivity index (χ1) is 17.1. The lowest BCUT2D eigenvalue weighted by Crippen LogP contribution is -2.14. The van der Waals surface area contributed by atoms with E-state index in [1.165, 1.54) is 0 Å². The number of rotatable bonds is 7. The molecule has 0 radical (unpaired) electrons. The molecule has 0 aliphatic heterocycles. The van der Waals surface area contributed by atoms with Gasteiger partial charge in [0.2, 0.25) is 17.7 Å². The lowest BCUT2D eigenvalue weighted by Gasteiger charge is -2.06. The summed E-state index contributed by atoms with van der Waals surface area (Å²) >= 11 is 0. The number of carbonyl (C=O) groups is 2. The SMILES string of the molecule is O=C(Cc1ccccc1)Nc1ccc(-c2nc3cc(NC(=O)Cc4ccccc4)ccc3o2)cc1. The first-order valence-corrected chi connectivity index (χ1v) is 11.3. The van der Waals surface area contributed by atoms with Crippen molar-refractivity contribution >= 4 is 34.3 Å². The fraction of sp³-hybridized carbons (Fsp3) is 0.0690. The van der Waals surface area contributed by atoms with Gasteiger partial charge in [0.1, 0.15) is 5.52 Å². The summed E-state index contributed by atoms with van der Waals surface area (Å²) in [6, 6.07) is 31.9. The van der Waals surface area contributed by atoms with Gasteiger partial charge in [0.25, 0.3) is 0 Å². The fourth-order valence-electron chi connectivity index (χ4n) is 3.80. The molecule has 1 aromatic heterocycles. The van der Waals surface area contributed by atoms with Crippen LogP contribution in [0.2, 0.25) is 0 Å². The Morgan fingerprint density at radius 3 is 1.80 bits per heavy atom. The van der Waals surface area contributed by atoms with E-state index in [4.69, 9.17) is 4.42 Å². The van der Waals surface area contributed by atoms with Crippen LogP contribution in [-0.2, 0) is 22.4 Å². The minimum absolute atomic E-state index is 0.0762. The fourth-order valence-corrected chi connectivity index (χ4v) is 3.80. The number of amides is 2. The van der Waals surface area contributed by atoms with Gasteiger partial charge in [-0.3, -0.25) is 9.59 Å². The highest BCUT2D eigenvalue weighted by Crippen LogP contribution is 2.27. The molecule has 0 bridgehead atoms. The van der Waals surface area contributed by atoms with Crippen LogP contribution in [0.4, 0.5) is 11.4 Å². The number of hydrogen-bond donors (Lipinski definition) is 2. The number of nitrogens with zero attached hydrogens (tertiary/aromatic N) is 1. The molecule has 2 amide bonds. The predicted molar refractivity (Wildman–Crippen MR) is 137 cm³/mol. The number of hydrogen-bond acceptors (Lipinski definition) is 4. The van der Waals surface area contributed by atoms with E-state index in [2.05, 4.69) is 15.6 Å². The molecule has 0 saturated heterocycles. The van der Waals surface area contributed by atoms with E-state index in [0.717, 1.165) is 16.7 Å². The van der Waals surface area contributed by atoms with Gasteiger partial charge in [0, 0.05) is 16.9 Å². The standard InChI is InChI=1S/C29H23N3O3/c33-27(17-20-7-3-1-4-8-20)30-23-13-11-22(12-14-23)29-32-25-19-24(15-16-26(25)35-29)31-28(34)18-21-9-5-2-6-10-21/h1-16,19H,17-18H2,(H,30,33)(H,31,34). The van der Waals surface area contributed by atoms with Crippen molar-refractivity contribution in [3.05, 3.63) is 114 Å². The average molecular weight is 462 g/mol. The van der Waals surface area contributed by atoms with E-state index >= 15 is 0 Å². The Balaban J connectivity index is 1.24. The molecule has 0 aliphatic carbocycles. The molecule has 4 aromatic carbocycles.